The molecular weight excluding hydrogens is 213 g/mol. The molecule has 1 aromatic rings. The molecule has 0 bridgehead atoms. The molecule has 1 amide bonds. The minimum absolute atomic E-state index is 0.258. The molecule has 1 aromatic carbocycles. The lowest BCUT2D eigenvalue weighted by atomic mass is 9.80. The number of anilines is 1. The summed E-state index contributed by atoms with van der Waals surface area (Å²) in [5, 5.41) is 2.08. The third-order valence-corrected chi connectivity index (χ3v) is 1.68. The number of nitrogens with one attached hydrogen (secondary N) is 1. The van der Waals surface area contributed by atoms with E-state index in [2.05, 4.69) is 5.32 Å². The van der Waals surface area contributed by atoms with Crippen molar-refractivity contribution < 1.29 is 22.1 Å². The number of benzene rings is 1. The van der Waals surface area contributed by atoms with Crippen LogP contribution in [0.1, 0.15) is 6.92 Å². The fourth-order valence-electron chi connectivity index (χ4n) is 1.03. The molecule has 82 valence electrons. The van der Waals surface area contributed by atoms with Crippen LogP contribution in [0.4, 0.5) is 23.0 Å². The molecule has 1 rings (SSSR count). The molecular formula is C8H7BF4NO-. The molecule has 0 unspecified atom stereocenters. The van der Waals surface area contributed by atoms with Crippen molar-refractivity contribution in [3.8, 4) is 0 Å². The molecule has 15 heavy (non-hydrogen) atoms. The summed E-state index contributed by atoms with van der Waals surface area (Å²) in [4.78, 5) is 10.6. The molecule has 0 saturated carbocycles. The van der Waals surface area contributed by atoms with Gasteiger partial charge in [-0.3, -0.25) is 4.79 Å². The predicted octanol–water partition coefficient (Wildman–Crippen LogP) is 1.84. The SMILES string of the molecule is CC(=O)Nc1ccc([B-](F)(F)F)cc1F. The zero-order chi connectivity index (χ0) is 11.6. The number of hydrogen-bond acceptors (Lipinski definition) is 1. The van der Waals surface area contributed by atoms with Crippen LogP contribution in [0.3, 0.4) is 0 Å². The Kier molecular flexibility index (Phi) is 3.02. The quantitative estimate of drug-likeness (QED) is 0.597. The summed E-state index contributed by atoms with van der Waals surface area (Å²) in [5.41, 5.74) is -1.28. The van der Waals surface area contributed by atoms with Gasteiger partial charge in [-0.05, 0) is 6.07 Å². The lowest BCUT2D eigenvalue weighted by Gasteiger charge is -2.15. The second-order valence-corrected chi connectivity index (χ2v) is 3.00. The molecule has 0 fully saturated rings. The monoisotopic (exact) mass is 220 g/mol. The number of amides is 1. The maximum Gasteiger partial charge on any atom is 0.509 e. The fraction of sp³-hybridized carbons (Fsp3) is 0.125. The van der Waals surface area contributed by atoms with Gasteiger partial charge < -0.3 is 18.3 Å². The first kappa shape index (κ1) is 11.5. The van der Waals surface area contributed by atoms with Gasteiger partial charge in [-0.2, -0.15) is 0 Å². The molecule has 0 aliphatic carbocycles. The number of carbonyl (C=O) groups is 1. The highest BCUT2D eigenvalue weighted by Gasteiger charge is 2.26. The van der Waals surface area contributed by atoms with Crippen molar-refractivity contribution in [2.24, 2.45) is 0 Å². The van der Waals surface area contributed by atoms with E-state index < -0.39 is 24.2 Å². The average Bonchev–Trinajstić information content (AvgIpc) is 2.05. The topological polar surface area (TPSA) is 29.1 Å². The molecule has 0 aromatic heterocycles. The lowest BCUT2D eigenvalue weighted by Crippen LogP contribution is -2.34. The summed E-state index contributed by atoms with van der Waals surface area (Å²) in [6.07, 6.45) is 0. The van der Waals surface area contributed by atoms with Gasteiger partial charge in [-0.1, -0.05) is 12.1 Å². The molecule has 0 radical (unpaired) electrons. The highest BCUT2D eigenvalue weighted by Crippen LogP contribution is 2.15. The summed E-state index contributed by atoms with van der Waals surface area (Å²) < 4.78 is 49.5. The van der Waals surface area contributed by atoms with Gasteiger partial charge in [0.1, 0.15) is 5.82 Å². The van der Waals surface area contributed by atoms with Gasteiger partial charge in [0.05, 0.1) is 5.69 Å². The third-order valence-electron chi connectivity index (χ3n) is 1.68. The van der Waals surface area contributed by atoms with Crippen LogP contribution in [0, 0.1) is 5.82 Å². The van der Waals surface area contributed by atoms with E-state index in [0.29, 0.717) is 6.07 Å². The Morgan fingerprint density at radius 3 is 2.33 bits per heavy atom. The van der Waals surface area contributed by atoms with Crippen LogP contribution >= 0.6 is 0 Å². The van der Waals surface area contributed by atoms with Crippen LogP contribution in [0.15, 0.2) is 18.2 Å². The Balaban J connectivity index is 3.03. The molecule has 0 aliphatic rings. The van der Waals surface area contributed by atoms with Crippen molar-refractivity contribution in [3.05, 3.63) is 24.0 Å². The maximum absolute atomic E-state index is 13.0. The Hall–Kier alpha value is -1.53. The molecule has 0 saturated heterocycles. The number of hydrogen-bond donors (Lipinski definition) is 1. The standard InChI is InChI=1S/C8H7BF4NO/c1-5(15)14-8-3-2-6(4-7(8)10)9(11,12)13/h2-4H,1H3,(H,14,15)/q-1. The van der Waals surface area contributed by atoms with E-state index in [1.807, 2.05) is 0 Å². The molecule has 7 heteroatoms. The maximum atomic E-state index is 13.0. The Morgan fingerprint density at radius 1 is 1.33 bits per heavy atom. The summed E-state index contributed by atoms with van der Waals surface area (Å²) in [5.74, 6) is -1.64. The molecule has 2 nitrogen and oxygen atoms in total. The van der Waals surface area contributed by atoms with E-state index in [1.165, 1.54) is 0 Å². The summed E-state index contributed by atoms with van der Waals surface area (Å²) in [6.45, 7) is -4.07. The van der Waals surface area contributed by atoms with Crippen molar-refractivity contribution in [2.75, 3.05) is 5.32 Å². The minimum atomic E-state index is -5.21. The molecule has 0 spiro atoms. The first-order valence-electron chi connectivity index (χ1n) is 4.07. The van der Waals surface area contributed by atoms with Crippen molar-refractivity contribution in [1.29, 1.82) is 0 Å². The van der Waals surface area contributed by atoms with E-state index in [4.69, 9.17) is 0 Å². The Labute approximate surface area is 83.3 Å². The first-order chi connectivity index (χ1) is 6.80. The second kappa shape index (κ2) is 3.92. The lowest BCUT2D eigenvalue weighted by molar-refractivity contribution is -0.114. The molecule has 0 atom stereocenters. The number of halogens is 4. The number of carbonyl (C=O) groups excluding carboxylic acids is 1. The van der Waals surface area contributed by atoms with Crippen LogP contribution in [-0.2, 0) is 4.79 Å². The Morgan fingerprint density at radius 2 is 1.93 bits per heavy atom. The summed E-state index contributed by atoms with van der Waals surface area (Å²) >= 11 is 0. The zero-order valence-corrected chi connectivity index (χ0v) is 7.73. The average molecular weight is 220 g/mol. The van der Waals surface area contributed by atoms with Gasteiger partial charge in [0.25, 0.3) is 0 Å². The van der Waals surface area contributed by atoms with E-state index in [9.17, 15) is 22.1 Å². The third kappa shape index (κ3) is 2.97. The zero-order valence-electron chi connectivity index (χ0n) is 7.73. The van der Waals surface area contributed by atoms with E-state index >= 15 is 0 Å². The number of rotatable bonds is 2. The highest BCUT2D eigenvalue weighted by molar-refractivity contribution is 6.73. The van der Waals surface area contributed by atoms with Gasteiger partial charge in [0, 0.05) is 6.92 Å². The van der Waals surface area contributed by atoms with E-state index in [0.717, 1.165) is 19.1 Å². The van der Waals surface area contributed by atoms with Gasteiger partial charge >= 0.3 is 6.98 Å². The normalized spacial score (nSPS) is 11.3. The Bertz CT molecular complexity index is 391. The molecule has 1 N–H and O–H groups in total. The van der Waals surface area contributed by atoms with Crippen LogP contribution in [0.5, 0.6) is 0 Å². The highest BCUT2D eigenvalue weighted by atomic mass is 19.4. The second-order valence-electron chi connectivity index (χ2n) is 3.00. The summed E-state index contributed by atoms with van der Waals surface area (Å²) in [7, 11) is 0. The first-order valence-corrected chi connectivity index (χ1v) is 4.07. The fourth-order valence-corrected chi connectivity index (χ4v) is 1.03. The van der Waals surface area contributed by atoms with Crippen LogP contribution in [-0.4, -0.2) is 12.9 Å². The van der Waals surface area contributed by atoms with Gasteiger partial charge in [0.15, 0.2) is 0 Å². The molecule has 0 aliphatic heterocycles. The van der Waals surface area contributed by atoms with Crippen LogP contribution in [0.2, 0.25) is 0 Å². The van der Waals surface area contributed by atoms with Crippen molar-refractivity contribution in [1.82, 2.24) is 0 Å². The van der Waals surface area contributed by atoms with Crippen LogP contribution < -0.4 is 10.8 Å². The van der Waals surface area contributed by atoms with Gasteiger partial charge in [-0.25, -0.2) is 4.39 Å². The van der Waals surface area contributed by atoms with Gasteiger partial charge in [0.2, 0.25) is 5.91 Å². The van der Waals surface area contributed by atoms with Crippen molar-refractivity contribution in [2.45, 2.75) is 6.92 Å². The van der Waals surface area contributed by atoms with E-state index in [1.54, 1.807) is 0 Å². The smallest absolute Gasteiger partial charge is 0.445 e. The van der Waals surface area contributed by atoms with E-state index in [-0.39, 0.29) is 5.69 Å². The van der Waals surface area contributed by atoms with Crippen molar-refractivity contribution in [3.63, 3.8) is 0 Å². The predicted molar refractivity (Wildman–Crippen MR) is 49.4 cm³/mol. The largest absolute Gasteiger partial charge is 0.509 e. The minimum Gasteiger partial charge on any atom is -0.445 e. The summed E-state index contributed by atoms with van der Waals surface area (Å²) in [6, 6.07) is 1.99. The molecule has 0 heterocycles. The van der Waals surface area contributed by atoms with Crippen molar-refractivity contribution >= 4 is 24.0 Å². The van der Waals surface area contributed by atoms with Crippen LogP contribution in [0.25, 0.3) is 0 Å². The van der Waals surface area contributed by atoms with Gasteiger partial charge in [-0.15, -0.1) is 5.46 Å².